The minimum Gasteiger partial charge on any atom is -0.464 e. The number of nitrogens with one attached hydrogen (secondary N) is 1. The van der Waals surface area contributed by atoms with E-state index in [0.717, 1.165) is 30.0 Å². The SMILES string of the molecule is Cc1cc(CC(=O)NC2CCC3(CC2)CC3CN2CCC(c3coc4ccccc34)CC2)on1. The summed E-state index contributed by atoms with van der Waals surface area (Å²) in [6.45, 7) is 5.51. The standard InChI is InChI=1S/C28H35N3O3/c1-19-14-23(34-30-19)15-27(32)29-22-6-10-28(11-7-22)16-21(28)17-31-12-8-20(9-13-31)25-18-33-26-5-3-2-4-24(25)26/h2-5,14,18,20-22H,6-13,15-17H2,1H3,(H,29,32). The third kappa shape index (κ3) is 4.40. The summed E-state index contributed by atoms with van der Waals surface area (Å²) in [5.74, 6) is 2.16. The molecule has 34 heavy (non-hydrogen) atoms. The molecule has 1 aliphatic heterocycles. The zero-order valence-electron chi connectivity index (χ0n) is 20.1. The number of fused-ring (bicyclic) bond motifs is 1. The molecule has 1 unspecified atom stereocenters. The Morgan fingerprint density at radius 3 is 2.74 bits per heavy atom. The molecule has 0 radical (unpaired) electrons. The number of furan rings is 1. The molecule has 0 bridgehead atoms. The molecule has 6 nitrogen and oxygen atoms in total. The number of piperidine rings is 1. The Hall–Kier alpha value is -2.60. The minimum atomic E-state index is 0.0534. The van der Waals surface area contributed by atoms with Crippen molar-refractivity contribution in [2.24, 2.45) is 11.3 Å². The molecule has 2 aromatic heterocycles. The molecule has 1 spiro atoms. The molecule has 1 N–H and O–H groups in total. The number of rotatable bonds is 6. The van der Waals surface area contributed by atoms with Gasteiger partial charge in [-0.25, -0.2) is 0 Å². The number of aryl methyl sites for hydroxylation is 1. The molecule has 2 saturated carbocycles. The molecule has 1 saturated heterocycles. The average molecular weight is 462 g/mol. The largest absolute Gasteiger partial charge is 0.464 e. The predicted molar refractivity (Wildman–Crippen MR) is 131 cm³/mol. The Balaban J connectivity index is 0.944. The third-order valence-corrected chi connectivity index (χ3v) is 8.73. The van der Waals surface area contributed by atoms with Crippen molar-refractivity contribution in [3.8, 4) is 0 Å². The van der Waals surface area contributed by atoms with Gasteiger partial charge in [-0.2, -0.15) is 0 Å². The second kappa shape index (κ2) is 8.88. The maximum absolute atomic E-state index is 12.4. The molecular formula is C28H35N3O3. The van der Waals surface area contributed by atoms with E-state index in [0.29, 0.717) is 23.1 Å². The first-order valence-corrected chi connectivity index (χ1v) is 13.0. The summed E-state index contributed by atoms with van der Waals surface area (Å²) in [5, 5.41) is 8.38. The quantitative estimate of drug-likeness (QED) is 0.545. The number of carbonyl (C=O) groups is 1. The summed E-state index contributed by atoms with van der Waals surface area (Å²) in [6.07, 6.45) is 10.8. The summed E-state index contributed by atoms with van der Waals surface area (Å²) in [7, 11) is 0. The number of nitrogens with zero attached hydrogens (tertiary/aromatic N) is 2. The van der Waals surface area contributed by atoms with Gasteiger partial charge >= 0.3 is 0 Å². The number of hydrogen-bond acceptors (Lipinski definition) is 5. The number of likely N-dealkylation sites (tertiary alicyclic amines) is 1. The highest BCUT2D eigenvalue weighted by Crippen LogP contribution is 2.61. The van der Waals surface area contributed by atoms with E-state index < -0.39 is 0 Å². The van der Waals surface area contributed by atoms with Crippen LogP contribution in [0.4, 0.5) is 0 Å². The van der Waals surface area contributed by atoms with Crippen LogP contribution in [0.5, 0.6) is 0 Å². The van der Waals surface area contributed by atoms with Crippen molar-refractivity contribution in [3.05, 3.63) is 53.6 Å². The van der Waals surface area contributed by atoms with Crippen molar-refractivity contribution >= 4 is 16.9 Å². The van der Waals surface area contributed by atoms with Gasteiger partial charge in [0.1, 0.15) is 11.3 Å². The minimum absolute atomic E-state index is 0.0534. The Morgan fingerprint density at radius 2 is 1.97 bits per heavy atom. The van der Waals surface area contributed by atoms with Gasteiger partial charge in [0.2, 0.25) is 5.91 Å². The van der Waals surface area contributed by atoms with Crippen LogP contribution < -0.4 is 5.32 Å². The molecule has 1 atom stereocenters. The van der Waals surface area contributed by atoms with Crippen molar-refractivity contribution in [1.29, 1.82) is 0 Å². The highest BCUT2D eigenvalue weighted by Gasteiger charge is 2.55. The number of hydrogen-bond donors (Lipinski definition) is 1. The van der Waals surface area contributed by atoms with Crippen LogP contribution in [0, 0.1) is 18.3 Å². The van der Waals surface area contributed by atoms with Crippen molar-refractivity contribution in [1.82, 2.24) is 15.4 Å². The lowest BCUT2D eigenvalue weighted by atomic mass is 9.81. The number of amides is 1. The van der Waals surface area contributed by atoms with Gasteiger partial charge in [0, 0.05) is 29.6 Å². The second-order valence-corrected chi connectivity index (χ2v) is 11.0. The number of para-hydroxylation sites is 1. The van der Waals surface area contributed by atoms with Gasteiger partial charge < -0.3 is 19.2 Å². The van der Waals surface area contributed by atoms with E-state index in [1.54, 1.807) is 0 Å². The highest BCUT2D eigenvalue weighted by atomic mass is 16.5. The molecule has 6 heteroatoms. The van der Waals surface area contributed by atoms with E-state index in [2.05, 4.69) is 33.6 Å². The second-order valence-electron chi connectivity index (χ2n) is 11.0. The van der Waals surface area contributed by atoms with Crippen LogP contribution in [0.25, 0.3) is 11.0 Å². The Morgan fingerprint density at radius 1 is 1.18 bits per heavy atom. The molecule has 180 valence electrons. The van der Waals surface area contributed by atoms with Gasteiger partial charge in [-0.1, -0.05) is 23.4 Å². The van der Waals surface area contributed by atoms with Crippen LogP contribution in [0.2, 0.25) is 0 Å². The molecule has 3 fully saturated rings. The Bertz CT molecular complexity index is 1150. The fraction of sp³-hybridized carbons (Fsp3) is 0.571. The van der Waals surface area contributed by atoms with Crippen LogP contribution in [-0.2, 0) is 11.2 Å². The molecule has 3 aromatic rings. The van der Waals surface area contributed by atoms with E-state index >= 15 is 0 Å². The number of aromatic nitrogens is 1. The van der Waals surface area contributed by atoms with Crippen molar-refractivity contribution in [2.75, 3.05) is 19.6 Å². The van der Waals surface area contributed by atoms with Crippen LogP contribution in [0.1, 0.15) is 67.9 Å². The van der Waals surface area contributed by atoms with Gasteiger partial charge in [0.05, 0.1) is 18.4 Å². The molecule has 1 aromatic carbocycles. The molecule has 3 heterocycles. The number of benzene rings is 1. The lowest BCUT2D eigenvalue weighted by molar-refractivity contribution is -0.121. The highest BCUT2D eigenvalue weighted by molar-refractivity contribution is 5.81. The van der Waals surface area contributed by atoms with E-state index in [4.69, 9.17) is 8.94 Å². The smallest absolute Gasteiger partial charge is 0.227 e. The van der Waals surface area contributed by atoms with Crippen LogP contribution >= 0.6 is 0 Å². The van der Waals surface area contributed by atoms with E-state index in [1.807, 2.05) is 25.3 Å². The van der Waals surface area contributed by atoms with Gasteiger partial charge in [0.25, 0.3) is 0 Å². The normalized spacial score (nSPS) is 27.9. The Kier molecular flexibility index (Phi) is 5.72. The van der Waals surface area contributed by atoms with Gasteiger partial charge in [-0.15, -0.1) is 0 Å². The third-order valence-electron chi connectivity index (χ3n) is 8.73. The summed E-state index contributed by atoms with van der Waals surface area (Å²) in [4.78, 5) is 15.1. The maximum atomic E-state index is 12.4. The summed E-state index contributed by atoms with van der Waals surface area (Å²) in [5.41, 5.74) is 3.78. The van der Waals surface area contributed by atoms with Crippen molar-refractivity contribution in [2.45, 2.75) is 70.3 Å². The first-order valence-electron chi connectivity index (χ1n) is 13.0. The summed E-state index contributed by atoms with van der Waals surface area (Å²) < 4.78 is 11.0. The first kappa shape index (κ1) is 21.9. The van der Waals surface area contributed by atoms with Gasteiger partial charge in [-0.3, -0.25) is 4.79 Å². The number of carbonyl (C=O) groups excluding carboxylic acids is 1. The zero-order chi connectivity index (χ0) is 23.1. The average Bonchev–Trinajstić information content (AvgIpc) is 3.14. The van der Waals surface area contributed by atoms with Crippen LogP contribution in [0.3, 0.4) is 0 Å². The van der Waals surface area contributed by atoms with Crippen LogP contribution in [-0.4, -0.2) is 41.6 Å². The topological polar surface area (TPSA) is 71.5 Å². The molecular weight excluding hydrogens is 426 g/mol. The lowest BCUT2D eigenvalue weighted by Gasteiger charge is -2.34. The van der Waals surface area contributed by atoms with Crippen molar-refractivity contribution < 1.29 is 13.7 Å². The fourth-order valence-corrected chi connectivity index (χ4v) is 6.63. The summed E-state index contributed by atoms with van der Waals surface area (Å²) >= 11 is 0. The van der Waals surface area contributed by atoms with E-state index in [-0.39, 0.29) is 12.3 Å². The van der Waals surface area contributed by atoms with Crippen molar-refractivity contribution in [3.63, 3.8) is 0 Å². The maximum Gasteiger partial charge on any atom is 0.227 e. The molecule has 1 amide bonds. The lowest BCUT2D eigenvalue weighted by Crippen LogP contribution is -2.39. The molecule has 3 aliphatic rings. The zero-order valence-corrected chi connectivity index (χ0v) is 20.1. The van der Waals surface area contributed by atoms with Gasteiger partial charge in [-0.05, 0) is 88.3 Å². The summed E-state index contributed by atoms with van der Waals surface area (Å²) in [6, 6.07) is 10.6. The molecule has 2 aliphatic carbocycles. The van der Waals surface area contributed by atoms with E-state index in [1.165, 1.54) is 62.7 Å². The molecule has 6 rings (SSSR count). The monoisotopic (exact) mass is 461 g/mol. The predicted octanol–water partition coefficient (Wildman–Crippen LogP) is 5.22. The van der Waals surface area contributed by atoms with Gasteiger partial charge in [0.15, 0.2) is 0 Å². The van der Waals surface area contributed by atoms with E-state index in [9.17, 15) is 4.79 Å². The first-order chi connectivity index (χ1) is 16.6. The Labute approximate surface area is 201 Å². The fourth-order valence-electron chi connectivity index (χ4n) is 6.63. The van der Waals surface area contributed by atoms with Crippen LogP contribution in [0.15, 0.2) is 45.5 Å².